The molecular weight excluding hydrogens is 980 g/mol. The number of nitrogens with zero attached hydrogens (tertiary/aromatic N) is 10. The number of piperazine rings is 1. The molecule has 0 bridgehead atoms. The highest BCUT2D eigenvalue weighted by molar-refractivity contribution is 6.05. The lowest BCUT2D eigenvalue weighted by Crippen LogP contribution is -2.52. The van der Waals surface area contributed by atoms with Gasteiger partial charge in [-0.3, -0.25) is 38.4 Å². The molecule has 0 aliphatic carbocycles. The zero-order valence-electron chi connectivity index (χ0n) is 42.4. The molecule has 1 atom stereocenters. The van der Waals surface area contributed by atoms with Gasteiger partial charge in [0.05, 0.1) is 30.0 Å². The van der Waals surface area contributed by atoms with Crippen LogP contribution < -0.4 is 20.8 Å². The molecule has 12 rings (SSSR count). The van der Waals surface area contributed by atoms with Crippen molar-refractivity contribution in [2.75, 3.05) is 75.4 Å². The summed E-state index contributed by atoms with van der Waals surface area (Å²) in [5.74, 6) is 0.829. The van der Waals surface area contributed by atoms with E-state index in [0.717, 1.165) is 97.7 Å². The van der Waals surface area contributed by atoms with E-state index in [4.69, 9.17) is 4.74 Å². The lowest BCUT2D eigenvalue weighted by molar-refractivity contribution is -0.137. The normalized spacial score (nSPS) is 20.8. The first-order valence-electron chi connectivity index (χ1n) is 26.4. The lowest BCUT2D eigenvalue weighted by atomic mass is 9.75. The van der Waals surface area contributed by atoms with Crippen LogP contribution in [0.3, 0.4) is 0 Å². The first-order chi connectivity index (χ1) is 36.7. The number of anilines is 2. The summed E-state index contributed by atoms with van der Waals surface area (Å²) in [6, 6.07) is 21.6. The standard InChI is InChI=1S/C56H60F3N11O6/c1-63-35-60-62-49(63)28-55(33-76-34-55)41-3-2-4-44(27-41)68-32-48-46(56(57,58)59)25-36(30-70(48)54(68)75)29-64-17-13-37(14-18-64)38-15-19-67(20-16-38)52(73)39-5-7-42(8-6-39)65-21-23-66(24-22-65)43-9-10-45-40(26-43)31-69(53(45)74)47-11-12-50(71)61-51(47)72/h2-10,25-27,30,32,35,37-38,47H,11-24,28-29,31,33-34H2,1H3,(H,61,71,72)/t47-/m1/s1. The first kappa shape index (κ1) is 49.6. The van der Waals surface area contributed by atoms with E-state index in [1.165, 1.54) is 16.8 Å². The minimum absolute atomic E-state index is 0.0285. The summed E-state index contributed by atoms with van der Waals surface area (Å²) in [5.41, 5.74) is 4.02. The number of likely N-dealkylation sites (tertiary alicyclic amines) is 2. The molecule has 0 radical (unpaired) electrons. The van der Waals surface area contributed by atoms with Crippen molar-refractivity contribution in [1.82, 2.24) is 43.7 Å². The van der Waals surface area contributed by atoms with Gasteiger partial charge in [0.25, 0.3) is 11.8 Å². The number of ether oxygens (including phenoxy) is 1. The summed E-state index contributed by atoms with van der Waals surface area (Å²) >= 11 is 0. The number of benzene rings is 3. The zero-order chi connectivity index (χ0) is 52.5. The Hall–Kier alpha value is -7.32. The Kier molecular flexibility index (Phi) is 12.8. The third kappa shape index (κ3) is 9.32. The van der Waals surface area contributed by atoms with Crippen LogP contribution in [0.4, 0.5) is 24.5 Å². The van der Waals surface area contributed by atoms with Gasteiger partial charge in [-0.1, -0.05) is 12.1 Å². The summed E-state index contributed by atoms with van der Waals surface area (Å²) in [6.07, 6.45) is 4.55. The number of imidazole rings is 1. The molecule has 0 spiro atoms. The number of halogens is 3. The van der Waals surface area contributed by atoms with Gasteiger partial charge in [-0.05, 0) is 134 Å². The number of carbonyl (C=O) groups excluding carboxylic acids is 4. The molecule has 76 heavy (non-hydrogen) atoms. The van der Waals surface area contributed by atoms with Gasteiger partial charge in [-0.25, -0.2) is 4.79 Å². The Bertz CT molecular complexity index is 3290. The highest BCUT2D eigenvalue weighted by Crippen LogP contribution is 2.39. The van der Waals surface area contributed by atoms with Gasteiger partial charge in [-0.2, -0.15) is 13.2 Å². The van der Waals surface area contributed by atoms with Gasteiger partial charge in [-0.15, -0.1) is 10.2 Å². The predicted molar refractivity (Wildman–Crippen MR) is 275 cm³/mol. The van der Waals surface area contributed by atoms with Crippen molar-refractivity contribution in [2.24, 2.45) is 18.9 Å². The van der Waals surface area contributed by atoms with Crippen molar-refractivity contribution in [3.05, 3.63) is 141 Å². The lowest BCUT2D eigenvalue weighted by Gasteiger charge is -2.41. The maximum Gasteiger partial charge on any atom is 0.418 e. The van der Waals surface area contributed by atoms with Crippen molar-refractivity contribution in [3.8, 4) is 5.69 Å². The number of imide groups is 1. The molecule has 6 aromatic rings. The van der Waals surface area contributed by atoms with Gasteiger partial charge >= 0.3 is 11.9 Å². The van der Waals surface area contributed by atoms with E-state index < -0.39 is 34.8 Å². The van der Waals surface area contributed by atoms with E-state index in [0.29, 0.717) is 86.4 Å². The zero-order valence-corrected chi connectivity index (χ0v) is 42.4. The van der Waals surface area contributed by atoms with E-state index in [9.17, 15) is 37.1 Å². The molecule has 5 saturated heterocycles. The predicted octanol–water partition coefficient (Wildman–Crippen LogP) is 5.60. The molecule has 396 valence electrons. The number of carbonyl (C=O) groups is 4. The van der Waals surface area contributed by atoms with Crippen LogP contribution in [0.2, 0.25) is 0 Å². The van der Waals surface area contributed by atoms with Crippen molar-refractivity contribution in [2.45, 2.75) is 75.7 Å². The Balaban J connectivity index is 0.623. The molecule has 9 heterocycles. The molecule has 3 aromatic heterocycles. The fourth-order valence-electron chi connectivity index (χ4n) is 12.6. The Morgan fingerprint density at radius 2 is 1.49 bits per heavy atom. The number of aryl methyl sites for hydroxylation is 1. The third-order valence-corrected chi connectivity index (χ3v) is 17.1. The fraction of sp³-hybridized carbons (Fsp3) is 0.446. The summed E-state index contributed by atoms with van der Waals surface area (Å²) < 4.78 is 54.2. The molecule has 0 unspecified atom stereocenters. The van der Waals surface area contributed by atoms with Crippen LogP contribution in [0.1, 0.15) is 87.3 Å². The topological polar surface area (TPSA) is 163 Å². The van der Waals surface area contributed by atoms with Crippen LogP contribution >= 0.6 is 0 Å². The van der Waals surface area contributed by atoms with E-state index in [1.54, 1.807) is 23.5 Å². The maximum atomic E-state index is 14.8. The number of hydrogen-bond acceptors (Lipinski definition) is 11. The number of aromatic nitrogens is 5. The molecular formula is C56H60F3N11O6. The van der Waals surface area contributed by atoms with E-state index >= 15 is 0 Å². The summed E-state index contributed by atoms with van der Waals surface area (Å²) in [7, 11) is 1.87. The molecule has 6 aliphatic rings. The van der Waals surface area contributed by atoms with Crippen LogP contribution in [0.25, 0.3) is 11.2 Å². The molecule has 17 nitrogen and oxygen atoms in total. The maximum absolute atomic E-state index is 14.8. The minimum Gasteiger partial charge on any atom is -0.379 e. The number of alkyl halides is 3. The largest absolute Gasteiger partial charge is 0.418 e. The van der Waals surface area contributed by atoms with Crippen molar-refractivity contribution in [1.29, 1.82) is 0 Å². The number of amides is 4. The molecule has 0 saturated carbocycles. The van der Waals surface area contributed by atoms with E-state index in [1.807, 2.05) is 77.2 Å². The second-order valence-electron chi connectivity index (χ2n) is 21.7. The molecule has 1 N–H and O–H groups in total. The van der Waals surface area contributed by atoms with E-state index in [-0.39, 0.29) is 29.7 Å². The monoisotopic (exact) mass is 1040 g/mol. The quantitative estimate of drug-likeness (QED) is 0.161. The number of rotatable bonds is 11. The Morgan fingerprint density at radius 1 is 0.789 bits per heavy atom. The van der Waals surface area contributed by atoms with Gasteiger partial charge in [0.15, 0.2) is 0 Å². The molecule has 4 amide bonds. The van der Waals surface area contributed by atoms with Gasteiger partial charge in [0.1, 0.15) is 18.2 Å². The Labute approximate surface area is 436 Å². The average molecular weight is 1040 g/mol. The first-order valence-corrected chi connectivity index (χ1v) is 26.4. The van der Waals surface area contributed by atoms with Crippen LogP contribution in [-0.2, 0) is 52.5 Å². The molecule has 3 aromatic carbocycles. The summed E-state index contributed by atoms with van der Waals surface area (Å²) in [4.78, 5) is 75.5. The summed E-state index contributed by atoms with van der Waals surface area (Å²) in [6.45, 7) is 7.45. The van der Waals surface area contributed by atoms with E-state index in [2.05, 4.69) is 30.2 Å². The SMILES string of the molecule is Cn1cnnc1CC1(c2cccc(-n3cc4c(C(F)(F)F)cc(CN5CCC(C6CCN(C(=O)c7ccc(N8CCN(c9ccc%10c(c9)CN([C@@H]9CCC(=O)NC9=O)C%10=O)CC8)cc7)CC6)CC5)cn4c3=O)c2)COC1. The highest BCUT2D eigenvalue weighted by Gasteiger charge is 2.43. The third-order valence-electron chi connectivity index (χ3n) is 17.1. The molecule has 20 heteroatoms. The highest BCUT2D eigenvalue weighted by atomic mass is 19.4. The number of nitrogens with one attached hydrogen (secondary N) is 1. The van der Waals surface area contributed by atoms with Crippen molar-refractivity contribution < 1.29 is 37.1 Å². The summed E-state index contributed by atoms with van der Waals surface area (Å²) in [5, 5.41) is 10.6. The fourth-order valence-corrected chi connectivity index (χ4v) is 12.6. The van der Waals surface area contributed by atoms with Crippen molar-refractivity contribution >= 4 is 40.5 Å². The minimum atomic E-state index is -4.68. The molecule has 5 fully saturated rings. The van der Waals surface area contributed by atoms with Gasteiger partial charge in [0.2, 0.25) is 11.8 Å². The van der Waals surface area contributed by atoms with Crippen LogP contribution in [0.15, 0.2) is 96.3 Å². The second kappa shape index (κ2) is 19.7. The number of pyridine rings is 1. The van der Waals surface area contributed by atoms with Crippen LogP contribution in [-0.4, -0.2) is 134 Å². The second-order valence-corrected chi connectivity index (χ2v) is 21.7. The molecule has 6 aliphatic heterocycles. The number of fused-ring (bicyclic) bond motifs is 2. The van der Waals surface area contributed by atoms with Crippen LogP contribution in [0.5, 0.6) is 0 Å². The van der Waals surface area contributed by atoms with Gasteiger partial charge in [0, 0.05) is 113 Å². The Morgan fingerprint density at radius 3 is 2.14 bits per heavy atom. The average Bonchev–Trinajstić information content (AvgIpc) is 4.10. The van der Waals surface area contributed by atoms with Crippen LogP contribution in [0, 0.1) is 11.8 Å². The smallest absolute Gasteiger partial charge is 0.379 e. The number of piperidine rings is 3. The number of hydrogen-bond donors (Lipinski definition) is 1. The van der Waals surface area contributed by atoms with Gasteiger partial charge < -0.3 is 28.9 Å². The van der Waals surface area contributed by atoms with Crippen molar-refractivity contribution in [3.63, 3.8) is 0 Å².